The molecule has 2 rings (SSSR count). The fourth-order valence-electron chi connectivity index (χ4n) is 2.15. The Labute approximate surface area is 110 Å². The first-order valence-corrected chi connectivity index (χ1v) is 6.43. The van der Waals surface area contributed by atoms with Crippen LogP contribution in [0.15, 0.2) is 18.2 Å². The van der Waals surface area contributed by atoms with Crippen LogP contribution in [0.25, 0.3) is 11.1 Å². The van der Waals surface area contributed by atoms with Crippen molar-refractivity contribution in [2.75, 3.05) is 5.73 Å². The summed E-state index contributed by atoms with van der Waals surface area (Å²) in [6, 6.07) is 6.09. The van der Waals surface area contributed by atoms with Crippen LogP contribution in [-0.2, 0) is 0 Å². The molecule has 0 radical (unpaired) electrons. The Morgan fingerprint density at radius 2 is 1.94 bits per heavy atom. The zero-order valence-electron chi connectivity index (χ0n) is 10.6. The van der Waals surface area contributed by atoms with Gasteiger partial charge in [-0.25, -0.2) is 4.79 Å². The number of carbonyl (C=O) groups is 1. The predicted molar refractivity (Wildman–Crippen MR) is 75.3 cm³/mol. The molecule has 0 aliphatic heterocycles. The van der Waals surface area contributed by atoms with Crippen molar-refractivity contribution in [3.05, 3.63) is 39.1 Å². The number of hydrogen-bond donors (Lipinski definition) is 2. The molecule has 0 fully saturated rings. The van der Waals surface area contributed by atoms with E-state index in [0.29, 0.717) is 5.69 Å². The van der Waals surface area contributed by atoms with Crippen molar-refractivity contribution in [1.29, 1.82) is 0 Å². The lowest BCUT2D eigenvalue weighted by Crippen LogP contribution is -1.98. The van der Waals surface area contributed by atoms with Crippen LogP contribution in [0.3, 0.4) is 0 Å². The summed E-state index contributed by atoms with van der Waals surface area (Å²) in [5, 5.41) is 9.09. The summed E-state index contributed by atoms with van der Waals surface area (Å²) in [6.07, 6.45) is 0. The van der Waals surface area contributed by atoms with Gasteiger partial charge in [0.05, 0.1) is 5.69 Å². The molecule has 0 unspecified atom stereocenters. The molecule has 0 atom stereocenters. The van der Waals surface area contributed by atoms with E-state index >= 15 is 0 Å². The second kappa shape index (κ2) is 4.46. The second-order valence-electron chi connectivity index (χ2n) is 4.40. The molecule has 3 N–H and O–H groups in total. The fraction of sp³-hybridized carbons (Fsp3) is 0.214. The van der Waals surface area contributed by atoms with Crippen LogP contribution in [0.4, 0.5) is 5.69 Å². The molecule has 1 aromatic heterocycles. The lowest BCUT2D eigenvalue weighted by molar-refractivity contribution is 0.0703. The van der Waals surface area contributed by atoms with E-state index in [-0.39, 0.29) is 4.88 Å². The van der Waals surface area contributed by atoms with E-state index in [4.69, 9.17) is 10.8 Å². The van der Waals surface area contributed by atoms with Gasteiger partial charge in [0.1, 0.15) is 4.88 Å². The third-order valence-electron chi connectivity index (χ3n) is 2.97. The van der Waals surface area contributed by atoms with Crippen molar-refractivity contribution in [1.82, 2.24) is 0 Å². The van der Waals surface area contributed by atoms with Gasteiger partial charge < -0.3 is 10.8 Å². The standard InChI is InChI=1S/C14H15NO2S/c1-7-4-5-10(8(2)6-7)11-9(3)18-13(12(11)15)14(16)17/h4-6H,15H2,1-3H3,(H,16,17). The van der Waals surface area contributed by atoms with Gasteiger partial charge in [-0.05, 0) is 31.9 Å². The molecular formula is C14H15NO2S. The van der Waals surface area contributed by atoms with Crippen molar-refractivity contribution in [3.63, 3.8) is 0 Å². The first kappa shape index (κ1) is 12.6. The van der Waals surface area contributed by atoms with Crippen LogP contribution in [0, 0.1) is 20.8 Å². The Balaban J connectivity index is 2.68. The maximum atomic E-state index is 11.1. The smallest absolute Gasteiger partial charge is 0.348 e. The Morgan fingerprint density at radius 1 is 1.28 bits per heavy atom. The van der Waals surface area contributed by atoms with Gasteiger partial charge in [-0.1, -0.05) is 23.8 Å². The normalized spacial score (nSPS) is 10.6. The molecule has 1 heterocycles. The van der Waals surface area contributed by atoms with Crippen LogP contribution in [-0.4, -0.2) is 11.1 Å². The second-order valence-corrected chi connectivity index (χ2v) is 5.62. The maximum absolute atomic E-state index is 11.1. The highest BCUT2D eigenvalue weighted by molar-refractivity contribution is 7.15. The minimum absolute atomic E-state index is 0.225. The van der Waals surface area contributed by atoms with E-state index < -0.39 is 5.97 Å². The number of anilines is 1. The number of benzene rings is 1. The number of carboxylic acids is 1. The molecule has 94 valence electrons. The van der Waals surface area contributed by atoms with Gasteiger partial charge in [0.15, 0.2) is 0 Å². The summed E-state index contributed by atoms with van der Waals surface area (Å²) in [5.41, 5.74) is 10.5. The zero-order valence-corrected chi connectivity index (χ0v) is 11.4. The van der Waals surface area contributed by atoms with Gasteiger partial charge >= 0.3 is 5.97 Å². The topological polar surface area (TPSA) is 63.3 Å². The van der Waals surface area contributed by atoms with Gasteiger partial charge in [0.25, 0.3) is 0 Å². The minimum Gasteiger partial charge on any atom is -0.477 e. The molecule has 0 saturated carbocycles. The molecule has 1 aromatic carbocycles. The SMILES string of the molecule is Cc1ccc(-c2c(C)sc(C(=O)O)c2N)c(C)c1. The largest absolute Gasteiger partial charge is 0.477 e. The van der Waals surface area contributed by atoms with E-state index in [2.05, 4.69) is 6.07 Å². The maximum Gasteiger partial charge on any atom is 0.348 e. The molecular weight excluding hydrogens is 246 g/mol. The molecule has 0 saturated heterocycles. The van der Waals surface area contributed by atoms with Crippen LogP contribution in [0.2, 0.25) is 0 Å². The number of thiophene rings is 1. The first-order chi connectivity index (χ1) is 8.41. The van der Waals surface area contributed by atoms with Gasteiger partial charge in [-0.3, -0.25) is 0 Å². The van der Waals surface area contributed by atoms with Crippen molar-refractivity contribution >= 4 is 23.0 Å². The molecule has 0 aliphatic carbocycles. The number of nitrogens with two attached hydrogens (primary N) is 1. The number of nitrogen functional groups attached to an aromatic ring is 1. The highest BCUT2D eigenvalue weighted by Crippen LogP contribution is 2.39. The van der Waals surface area contributed by atoms with Crippen molar-refractivity contribution in [2.45, 2.75) is 20.8 Å². The molecule has 0 spiro atoms. The van der Waals surface area contributed by atoms with E-state index in [0.717, 1.165) is 21.6 Å². The number of aryl methyl sites for hydroxylation is 3. The summed E-state index contributed by atoms with van der Waals surface area (Å²) >= 11 is 1.23. The Bertz CT molecular complexity index is 629. The molecule has 0 bridgehead atoms. The number of rotatable bonds is 2. The Morgan fingerprint density at radius 3 is 2.44 bits per heavy atom. The van der Waals surface area contributed by atoms with E-state index in [9.17, 15) is 4.79 Å². The van der Waals surface area contributed by atoms with Crippen LogP contribution < -0.4 is 5.73 Å². The number of hydrogen-bond acceptors (Lipinski definition) is 3. The van der Waals surface area contributed by atoms with Crippen LogP contribution >= 0.6 is 11.3 Å². The lowest BCUT2D eigenvalue weighted by atomic mass is 9.98. The zero-order chi connectivity index (χ0) is 13.4. The van der Waals surface area contributed by atoms with Crippen LogP contribution in [0.5, 0.6) is 0 Å². The summed E-state index contributed by atoms with van der Waals surface area (Å²) in [7, 11) is 0. The summed E-state index contributed by atoms with van der Waals surface area (Å²) in [5.74, 6) is -0.961. The van der Waals surface area contributed by atoms with E-state index in [1.54, 1.807) is 0 Å². The molecule has 0 aliphatic rings. The van der Waals surface area contributed by atoms with Gasteiger partial charge in [0, 0.05) is 10.4 Å². The molecule has 2 aromatic rings. The van der Waals surface area contributed by atoms with Crippen molar-refractivity contribution in [3.8, 4) is 11.1 Å². The fourth-order valence-corrected chi connectivity index (χ4v) is 3.08. The molecule has 18 heavy (non-hydrogen) atoms. The summed E-state index contributed by atoms with van der Waals surface area (Å²) in [4.78, 5) is 12.3. The molecule has 3 nitrogen and oxygen atoms in total. The quantitative estimate of drug-likeness (QED) is 0.867. The summed E-state index contributed by atoms with van der Waals surface area (Å²) in [6.45, 7) is 5.95. The third-order valence-corrected chi connectivity index (χ3v) is 4.08. The van der Waals surface area contributed by atoms with Gasteiger partial charge in [-0.2, -0.15) is 0 Å². The van der Waals surface area contributed by atoms with E-state index in [1.807, 2.05) is 32.9 Å². The van der Waals surface area contributed by atoms with Gasteiger partial charge in [-0.15, -0.1) is 11.3 Å². The highest BCUT2D eigenvalue weighted by Gasteiger charge is 2.20. The predicted octanol–water partition coefficient (Wildman–Crippen LogP) is 3.62. The molecule has 4 heteroatoms. The monoisotopic (exact) mass is 261 g/mol. The van der Waals surface area contributed by atoms with Crippen molar-refractivity contribution in [2.24, 2.45) is 0 Å². The van der Waals surface area contributed by atoms with Crippen molar-refractivity contribution < 1.29 is 9.90 Å². The van der Waals surface area contributed by atoms with Crippen LogP contribution in [0.1, 0.15) is 25.7 Å². The average Bonchev–Trinajstić information content (AvgIpc) is 2.56. The Hall–Kier alpha value is -1.81. The number of carboxylic acid groups (broad SMARTS) is 1. The van der Waals surface area contributed by atoms with Gasteiger partial charge in [0.2, 0.25) is 0 Å². The average molecular weight is 261 g/mol. The molecule has 0 amide bonds. The summed E-state index contributed by atoms with van der Waals surface area (Å²) < 4.78 is 0. The number of aromatic carboxylic acids is 1. The lowest BCUT2D eigenvalue weighted by Gasteiger charge is -2.08. The Kier molecular flexibility index (Phi) is 3.13. The minimum atomic E-state index is -0.961. The third kappa shape index (κ3) is 1.99. The van der Waals surface area contributed by atoms with E-state index in [1.165, 1.54) is 16.9 Å². The first-order valence-electron chi connectivity index (χ1n) is 5.61. The highest BCUT2D eigenvalue weighted by atomic mass is 32.1.